The first-order valence-corrected chi connectivity index (χ1v) is 18.0. The number of anilines is 1. The van der Waals surface area contributed by atoms with E-state index in [-0.39, 0.29) is 23.4 Å². The molecular formula is C39H45N3O4S. The minimum atomic E-state index is -4.12. The van der Waals surface area contributed by atoms with Gasteiger partial charge in [-0.3, -0.25) is 13.9 Å². The van der Waals surface area contributed by atoms with Crippen LogP contribution in [0.3, 0.4) is 0 Å². The number of nitrogens with zero attached hydrogens (tertiary/aromatic N) is 2. The van der Waals surface area contributed by atoms with E-state index in [2.05, 4.69) is 5.32 Å². The summed E-state index contributed by atoms with van der Waals surface area (Å²) in [4.78, 5) is 30.6. The van der Waals surface area contributed by atoms with Gasteiger partial charge >= 0.3 is 0 Å². The van der Waals surface area contributed by atoms with Crippen molar-refractivity contribution in [3.63, 3.8) is 0 Å². The Morgan fingerprint density at radius 1 is 0.787 bits per heavy atom. The molecule has 0 aliphatic heterocycles. The first kappa shape index (κ1) is 33.9. The molecule has 7 nitrogen and oxygen atoms in total. The Balaban J connectivity index is 1.56. The summed E-state index contributed by atoms with van der Waals surface area (Å²) in [5.74, 6) is -0.670. The molecule has 1 saturated carbocycles. The fraction of sp³-hybridized carbons (Fsp3) is 0.333. The zero-order valence-corrected chi connectivity index (χ0v) is 28.2. The van der Waals surface area contributed by atoms with Crippen molar-refractivity contribution in [2.24, 2.45) is 0 Å². The van der Waals surface area contributed by atoms with Gasteiger partial charge in [0.2, 0.25) is 11.8 Å². The maximum atomic E-state index is 14.7. The van der Waals surface area contributed by atoms with E-state index < -0.39 is 28.5 Å². The summed E-state index contributed by atoms with van der Waals surface area (Å²) in [6, 6.07) is 32.2. The molecule has 5 rings (SSSR count). The molecule has 4 aromatic rings. The van der Waals surface area contributed by atoms with Crippen LogP contribution in [0.25, 0.3) is 0 Å². The molecule has 0 saturated heterocycles. The van der Waals surface area contributed by atoms with Gasteiger partial charge in [0.1, 0.15) is 12.6 Å². The Bertz CT molecular complexity index is 1720. The van der Waals surface area contributed by atoms with Crippen LogP contribution in [0.5, 0.6) is 0 Å². The largest absolute Gasteiger partial charge is 0.352 e. The highest BCUT2D eigenvalue weighted by Gasteiger charge is 2.35. The third kappa shape index (κ3) is 8.89. The highest BCUT2D eigenvalue weighted by Crippen LogP contribution is 2.26. The van der Waals surface area contributed by atoms with Crippen LogP contribution in [0.4, 0.5) is 5.69 Å². The molecule has 8 heteroatoms. The molecule has 1 N–H and O–H groups in total. The number of carbonyl (C=O) groups is 2. The molecule has 1 fully saturated rings. The first-order chi connectivity index (χ1) is 22.7. The minimum Gasteiger partial charge on any atom is -0.352 e. The number of nitrogens with one attached hydrogen (secondary N) is 1. The lowest BCUT2D eigenvalue weighted by Gasteiger charge is -2.35. The number of rotatable bonds is 13. The second-order valence-corrected chi connectivity index (χ2v) is 14.3. The number of sulfonamides is 1. The van der Waals surface area contributed by atoms with Gasteiger partial charge < -0.3 is 10.2 Å². The molecule has 1 unspecified atom stereocenters. The van der Waals surface area contributed by atoms with Crippen molar-refractivity contribution in [1.29, 1.82) is 0 Å². The van der Waals surface area contributed by atoms with E-state index in [4.69, 9.17) is 0 Å². The van der Waals surface area contributed by atoms with Crippen LogP contribution in [0.1, 0.15) is 61.3 Å². The smallest absolute Gasteiger partial charge is 0.264 e. The average molecular weight is 652 g/mol. The summed E-state index contributed by atoms with van der Waals surface area (Å²) < 4.78 is 29.5. The van der Waals surface area contributed by atoms with E-state index in [1.54, 1.807) is 35.2 Å². The second kappa shape index (κ2) is 15.9. The fourth-order valence-corrected chi connectivity index (χ4v) is 7.69. The van der Waals surface area contributed by atoms with Gasteiger partial charge in [0, 0.05) is 19.0 Å². The summed E-state index contributed by atoms with van der Waals surface area (Å²) in [6.45, 7) is 3.72. The van der Waals surface area contributed by atoms with Gasteiger partial charge in [-0.15, -0.1) is 0 Å². The molecule has 47 heavy (non-hydrogen) atoms. The van der Waals surface area contributed by atoms with Crippen LogP contribution in [0.15, 0.2) is 114 Å². The van der Waals surface area contributed by atoms with Gasteiger partial charge in [0.25, 0.3) is 10.0 Å². The number of aryl methyl sites for hydroxylation is 2. The number of amides is 2. The van der Waals surface area contributed by atoms with E-state index >= 15 is 0 Å². The third-order valence-corrected chi connectivity index (χ3v) is 10.7. The van der Waals surface area contributed by atoms with Crippen molar-refractivity contribution in [1.82, 2.24) is 10.2 Å². The Morgan fingerprint density at radius 2 is 1.43 bits per heavy atom. The Labute approximate surface area is 279 Å². The van der Waals surface area contributed by atoms with E-state index in [1.807, 2.05) is 80.6 Å². The van der Waals surface area contributed by atoms with Crippen LogP contribution >= 0.6 is 0 Å². The number of hydrogen-bond acceptors (Lipinski definition) is 4. The average Bonchev–Trinajstić information content (AvgIpc) is 3.10. The van der Waals surface area contributed by atoms with Crippen LogP contribution < -0.4 is 9.62 Å². The molecule has 0 aromatic heterocycles. The quantitative estimate of drug-likeness (QED) is 0.172. The predicted molar refractivity (Wildman–Crippen MR) is 187 cm³/mol. The number of benzene rings is 4. The molecule has 0 bridgehead atoms. The number of hydrogen-bond donors (Lipinski definition) is 1. The maximum absolute atomic E-state index is 14.7. The van der Waals surface area contributed by atoms with Crippen molar-refractivity contribution in [3.8, 4) is 0 Å². The monoisotopic (exact) mass is 651 g/mol. The van der Waals surface area contributed by atoms with Crippen molar-refractivity contribution in [2.45, 2.75) is 82.3 Å². The molecule has 1 aliphatic rings. The minimum absolute atomic E-state index is 0.0532. The highest BCUT2D eigenvalue weighted by atomic mass is 32.2. The van der Waals surface area contributed by atoms with E-state index in [0.29, 0.717) is 12.1 Å². The zero-order chi connectivity index (χ0) is 33.2. The topological polar surface area (TPSA) is 86.8 Å². The first-order valence-electron chi connectivity index (χ1n) is 16.6. The lowest BCUT2D eigenvalue weighted by molar-refractivity contribution is -0.140. The molecule has 246 valence electrons. The van der Waals surface area contributed by atoms with E-state index in [1.165, 1.54) is 16.4 Å². The van der Waals surface area contributed by atoms with E-state index in [0.717, 1.165) is 60.8 Å². The van der Waals surface area contributed by atoms with Gasteiger partial charge in [0.15, 0.2) is 0 Å². The van der Waals surface area contributed by atoms with Crippen LogP contribution in [-0.2, 0) is 39.0 Å². The van der Waals surface area contributed by atoms with Crippen LogP contribution in [-0.4, -0.2) is 43.8 Å². The van der Waals surface area contributed by atoms with Gasteiger partial charge in [-0.05, 0) is 67.1 Å². The second-order valence-electron chi connectivity index (χ2n) is 12.4. The van der Waals surface area contributed by atoms with Gasteiger partial charge in [-0.1, -0.05) is 117 Å². The predicted octanol–water partition coefficient (Wildman–Crippen LogP) is 6.84. The maximum Gasteiger partial charge on any atom is 0.264 e. The Morgan fingerprint density at radius 3 is 2.06 bits per heavy atom. The lowest BCUT2D eigenvalue weighted by Crippen LogP contribution is -2.55. The van der Waals surface area contributed by atoms with Crippen molar-refractivity contribution in [2.75, 3.05) is 10.8 Å². The summed E-state index contributed by atoms with van der Waals surface area (Å²) >= 11 is 0. The standard InChI is InChI=1S/C39H45N3O4S/c1-3-31-22-24-35(25-23-31)42(47(45,46)36-20-11-6-12-21-36)29-38(43)41(28-33-17-13-14-30(2)26-33)37(27-32-15-7-4-8-16-32)39(44)40-34-18-9-5-10-19-34/h4,6-8,11-17,20-26,34,37H,3,5,9-10,18-19,27-29H2,1-2H3,(H,40,44). The molecule has 2 amide bonds. The zero-order valence-electron chi connectivity index (χ0n) is 27.3. The number of carbonyl (C=O) groups excluding carboxylic acids is 2. The SMILES string of the molecule is CCc1ccc(N(CC(=O)N(Cc2cccc(C)c2)C(Cc2ccccc2)C(=O)NC2CCCCC2)S(=O)(=O)c2ccccc2)cc1. The van der Waals surface area contributed by atoms with Crippen molar-refractivity contribution >= 4 is 27.5 Å². The van der Waals surface area contributed by atoms with Crippen LogP contribution in [0, 0.1) is 6.92 Å². The van der Waals surface area contributed by atoms with Crippen molar-refractivity contribution in [3.05, 3.63) is 131 Å². The summed E-state index contributed by atoms with van der Waals surface area (Å²) in [5, 5.41) is 3.26. The molecule has 1 atom stereocenters. The lowest BCUT2D eigenvalue weighted by atomic mass is 9.94. The molecular weight excluding hydrogens is 607 g/mol. The third-order valence-electron chi connectivity index (χ3n) is 8.90. The summed E-state index contributed by atoms with van der Waals surface area (Å²) in [6.07, 6.45) is 6.19. The molecule has 0 radical (unpaired) electrons. The molecule has 0 spiro atoms. The molecule has 0 heterocycles. The van der Waals surface area contributed by atoms with Gasteiger partial charge in [0.05, 0.1) is 10.6 Å². The Hall–Kier alpha value is -4.43. The molecule has 4 aromatic carbocycles. The van der Waals surface area contributed by atoms with Crippen LogP contribution in [0.2, 0.25) is 0 Å². The Kier molecular flexibility index (Phi) is 11.5. The summed E-state index contributed by atoms with van der Waals surface area (Å²) in [7, 11) is -4.12. The summed E-state index contributed by atoms with van der Waals surface area (Å²) in [5.41, 5.74) is 4.26. The van der Waals surface area contributed by atoms with Gasteiger partial charge in [-0.25, -0.2) is 8.42 Å². The fourth-order valence-electron chi connectivity index (χ4n) is 6.25. The van der Waals surface area contributed by atoms with E-state index in [9.17, 15) is 18.0 Å². The van der Waals surface area contributed by atoms with Gasteiger partial charge in [-0.2, -0.15) is 0 Å². The highest BCUT2D eigenvalue weighted by molar-refractivity contribution is 7.92. The van der Waals surface area contributed by atoms with Crippen molar-refractivity contribution < 1.29 is 18.0 Å². The molecule has 1 aliphatic carbocycles. The normalized spacial score (nSPS) is 14.3.